The van der Waals surface area contributed by atoms with E-state index in [0.29, 0.717) is 0 Å². The lowest BCUT2D eigenvalue weighted by Crippen LogP contribution is -2.04. The van der Waals surface area contributed by atoms with Crippen LogP contribution in [-0.2, 0) is 0 Å². The zero-order valence-electron chi connectivity index (χ0n) is 24.3. The van der Waals surface area contributed by atoms with Crippen molar-refractivity contribution in [3.63, 3.8) is 0 Å². The summed E-state index contributed by atoms with van der Waals surface area (Å²) in [6, 6.07) is 47.8. The molecular weight excluding hydrogens is 559 g/mol. The summed E-state index contributed by atoms with van der Waals surface area (Å²) in [5, 5.41) is 5.32. The Bertz CT molecular complexity index is 2370. The quantitative estimate of drug-likeness (QED) is 0.192. The van der Waals surface area contributed by atoms with Gasteiger partial charge in [-0.1, -0.05) is 92.7 Å². The molecule has 1 aliphatic rings. The Morgan fingerprint density at radius 1 is 0.581 bits per heavy atom. The molecule has 3 heteroatoms. The standard InChI is InChI=1S/C40H31NS2/c1-3-43(4-2)36-21-13-10-17-29(36)32-24-26(22-23-37(32)43)31-25-33-28-16-8-11-19-34(28)41(27-14-6-5-7-15-27)39(33)40-38(31)30-18-9-12-20-35(30)42-40/h5-25H,3-4H2,1-2H3. The van der Waals surface area contributed by atoms with Crippen molar-refractivity contribution in [2.24, 2.45) is 0 Å². The lowest BCUT2D eigenvalue weighted by Gasteiger charge is -2.36. The van der Waals surface area contributed by atoms with E-state index in [-0.39, 0.29) is 0 Å². The molecule has 9 rings (SSSR count). The van der Waals surface area contributed by atoms with Gasteiger partial charge in [-0.2, -0.15) is 10.0 Å². The number of thiophene rings is 1. The predicted octanol–water partition coefficient (Wildman–Crippen LogP) is 12.1. The van der Waals surface area contributed by atoms with Gasteiger partial charge in [-0.25, -0.2) is 0 Å². The van der Waals surface area contributed by atoms with E-state index in [1.807, 2.05) is 11.3 Å². The van der Waals surface area contributed by atoms with Crippen LogP contribution in [0.3, 0.4) is 0 Å². The second-order valence-corrected chi connectivity index (χ2v) is 16.3. The summed E-state index contributed by atoms with van der Waals surface area (Å²) in [5.74, 6) is 2.38. The Morgan fingerprint density at radius 3 is 2.12 bits per heavy atom. The van der Waals surface area contributed by atoms with Crippen LogP contribution in [0.4, 0.5) is 0 Å². The topological polar surface area (TPSA) is 4.93 Å². The molecule has 43 heavy (non-hydrogen) atoms. The van der Waals surface area contributed by atoms with E-state index in [1.54, 1.807) is 9.79 Å². The van der Waals surface area contributed by atoms with Crippen LogP contribution in [0.5, 0.6) is 0 Å². The van der Waals surface area contributed by atoms with E-state index in [9.17, 15) is 0 Å². The van der Waals surface area contributed by atoms with Gasteiger partial charge in [0.05, 0.1) is 15.7 Å². The largest absolute Gasteiger partial charge is 0.308 e. The SMILES string of the molecule is CCS1(CC)c2ccccc2-c2cc(-c3cc4c5ccccc5n(-c5ccccc5)c4c4sc5ccccc5c34)ccc21. The summed E-state index contributed by atoms with van der Waals surface area (Å²) in [5.41, 5.74) is 9.27. The second-order valence-electron chi connectivity index (χ2n) is 11.5. The Kier molecular flexibility index (Phi) is 5.48. The van der Waals surface area contributed by atoms with Gasteiger partial charge < -0.3 is 4.57 Å². The first kappa shape index (κ1) is 25.2. The highest BCUT2D eigenvalue weighted by Gasteiger charge is 2.36. The molecule has 0 aliphatic carbocycles. The Hall–Kier alpha value is -4.31. The number of para-hydroxylation sites is 2. The fourth-order valence-corrected chi connectivity index (χ4v) is 12.6. The fraction of sp³-hybridized carbons (Fsp3) is 0.100. The molecule has 0 spiro atoms. The third kappa shape index (κ3) is 3.35. The number of rotatable bonds is 4. The van der Waals surface area contributed by atoms with Crippen LogP contribution in [-0.4, -0.2) is 16.1 Å². The Balaban J connectivity index is 1.43. The van der Waals surface area contributed by atoms with Crippen LogP contribution in [0.2, 0.25) is 0 Å². The van der Waals surface area contributed by atoms with Crippen LogP contribution < -0.4 is 0 Å². The van der Waals surface area contributed by atoms with Crippen LogP contribution in [0.25, 0.3) is 69.9 Å². The van der Waals surface area contributed by atoms with Crippen LogP contribution in [0.15, 0.2) is 137 Å². The first-order valence-electron chi connectivity index (χ1n) is 15.2. The van der Waals surface area contributed by atoms with Gasteiger partial charge >= 0.3 is 0 Å². The molecule has 0 fully saturated rings. The van der Waals surface area contributed by atoms with E-state index in [0.717, 1.165) is 0 Å². The molecule has 0 unspecified atom stereocenters. The third-order valence-electron chi connectivity index (χ3n) is 9.59. The molecule has 0 bridgehead atoms. The molecule has 2 aromatic heterocycles. The maximum atomic E-state index is 2.51. The lowest BCUT2D eigenvalue weighted by molar-refractivity contribution is 1.19. The van der Waals surface area contributed by atoms with Gasteiger partial charge in [0.1, 0.15) is 0 Å². The zero-order chi connectivity index (χ0) is 28.7. The summed E-state index contributed by atoms with van der Waals surface area (Å²) in [6.45, 7) is 4.77. The summed E-state index contributed by atoms with van der Waals surface area (Å²) in [7, 11) is -1.01. The highest BCUT2D eigenvalue weighted by molar-refractivity contribution is 8.34. The highest BCUT2D eigenvalue weighted by atomic mass is 32.3. The van der Waals surface area contributed by atoms with Gasteiger partial charge in [-0.15, -0.1) is 11.3 Å². The maximum absolute atomic E-state index is 2.51. The normalized spacial score (nSPS) is 14.5. The lowest BCUT2D eigenvalue weighted by atomic mass is 9.94. The van der Waals surface area contributed by atoms with Crippen molar-refractivity contribution in [2.45, 2.75) is 23.6 Å². The monoisotopic (exact) mass is 589 g/mol. The summed E-state index contributed by atoms with van der Waals surface area (Å²) in [4.78, 5) is 3.13. The molecule has 0 saturated carbocycles. The van der Waals surface area contributed by atoms with Crippen molar-refractivity contribution in [1.82, 2.24) is 4.57 Å². The molecule has 0 atom stereocenters. The first-order chi connectivity index (χ1) is 21.2. The molecular formula is C40H31NS2. The zero-order valence-corrected chi connectivity index (χ0v) is 25.9. The van der Waals surface area contributed by atoms with Crippen LogP contribution in [0.1, 0.15) is 13.8 Å². The van der Waals surface area contributed by atoms with E-state index in [1.165, 1.54) is 81.4 Å². The number of aromatic nitrogens is 1. The molecule has 1 aliphatic heterocycles. The molecule has 1 nitrogen and oxygen atoms in total. The van der Waals surface area contributed by atoms with Crippen LogP contribution in [0, 0.1) is 0 Å². The average molecular weight is 590 g/mol. The van der Waals surface area contributed by atoms with Crippen molar-refractivity contribution in [3.05, 3.63) is 127 Å². The second kappa shape index (κ2) is 9.34. The van der Waals surface area contributed by atoms with Crippen molar-refractivity contribution >= 4 is 63.3 Å². The van der Waals surface area contributed by atoms with E-state index < -0.39 is 10.0 Å². The predicted molar refractivity (Wildman–Crippen MR) is 190 cm³/mol. The minimum absolute atomic E-state index is 1.01. The van der Waals surface area contributed by atoms with Gasteiger partial charge in [0.15, 0.2) is 0 Å². The number of nitrogens with zero attached hydrogens (tertiary/aromatic N) is 1. The highest BCUT2D eigenvalue weighted by Crippen LogP contribution is 2.71. The molecule has 8 aromatic rings. The fourth-order valence-electron chi connectivity index (χ4n) is 7.63. The first-order valence-corrected chi connectivity index (χ1v) is 18.0. The smallest absolute Gasteiger partial charge is 0.0720 e. The Labute approximate surface area is 257 Å². The summed E-state index contributed by atoms with van der Waals surface area (Å²) < 4.78 is 5.17. The molecule has 0 radical (unpaired) electrons. The summed E-state index contributed by atoms with van der Waals surface area (Å²) >= 11 is 1.93. The number of benzene rings is 6. The summed E-state index contributed by atoms with van der Waals surface area (Å²) in [6.07, 6.45) is 0. The van der Waals surface area contributed by atoms with Crippen molar-refractivity contribution in [1.29, 1.82) is 0 Å². The third-order valence-corrected chi connectivity index (χ3v) is 15.1. The van der Waals surface area contributed by atoms with Crippen molar-refractivity contribution < 1.29 is 0 Å². The van der Waals surface area contributed by atoms with Gasteiger partial charge in [-0.05, 0) is 82.3 Å². The molecule has 208 valence electrons. The number of fused-ring (bicyclic) bond motifs is 10. The van der Waals surface area contributed by atoms with Gasteiger partial charge in [-0.3, -0.25) is 0 Å². The molecule has 6 aromatic carbocycles. The molecule has 0 N–H and O–H groups in total. The van der Waals surface area contributed by atoms with Gasteiger partial charge in [0, 0.05) is 41.7 Å². The molecule has 0 amide bonds. The molecule has 3 heterocycles. The van der Waals surface area contributed by atoms with Crippen LogP contribution >= 0.6 is 21.4 Å². The van der Waals surface area contributed by atoms with Crippen molar-refractivity contribution in [2.75, 3.05) is 11.5 Å². The average Bonchev–Trinajstić information content (AvgIpc) is 3.71. The maximum Gasteiger partial charge on any atom is 0.0720 e. The molecule has 0 saturated heterocycles. The number of hydrogen-bond acceptors (Lipinski definition) is 1. The van der Waals surface area contributed by atoms with Gasteiger partial charge in [0.25, 0.3) is 0 Å². The van der Waals surface area contributed by atoms with Gasteiger partial charge in [0.2, 0.25) is 0 Å². The number of hydrogen-bond donors (Lipinski definition) is 0. The van der Waals surface area contributed by atoms with Crippen molar-refractivity contribution in [3.8, 4) is 27.9 Å². The van der Waals surface area contributed by atoms with E-state index in [2.05, 4.69) is 146 Å². The van der Waals surface area contributed by atoms with E-state index >= 15 is 0 Å². The minimum atomic E-state index is -1.01. The Morgan fingerprint density at radius 2 is 1.28 bits per heavy atom. The van der Waals surface area contributed by atoms with E-state index in [4.69, 9.17) is 0 Å². The minimum Gasteiger partial charge on any atom is -0.308 e.